The number of fused-ring (bicyclic) bond motifs is 1. The Morgan fingerprint density at radius 3 is 2.62 bits per heavy atom. The Morgan fingerprint density at radius 1 is 1.12 bits per heavy atom. The number of nitrogens with one attached hydrogen (secondary N) is 1. The molecule has 0 radical (unpaired) electrons. The molecule has 0 aliphatic rings. The van der Waals surface area contributed by atoms with E-state index in [0.717, 1.165) is 0 Å². The predicted molar refractivity (Wildman–Crippen MR) is 125 cm³/mol. The lowest BCUT2D eigenvalue weighted by Crippen LogP contribution is -2.23. The van der Waals surface area contributed by atoms with E-state index in [1.54, 1.807) is 35.8 Å². The summed E-state index contributed by atoms with van der Waals surface area (Å²) in [5.74, 6) is -1.36. The molecule has 0 bridgehead atoms. The normalized spacial score (nSPS) is 10.9. The first kappa shape index (κ1) is 23.2. The van der Waals surface area contributed by atoms with Crippen LogP contribution in [0, 0.1) is 12.7 Å². The third-order valence-corrected chi connectivity index (χ3v) is 5.56. The second-order valence-corrected chi connectivity index (χ2v) is 7.82. The SMILES string of the molecule is COc1ccc2c(c1)c(C(=O)C(=O)Nc1ccnc(OC)c1)c(C)n2Cc1ncc(Cl)cc1F. The monoisotopic (exact) mass is 482 g/mol. The summed E-state index contributed by atoms with van der Waals surface area (Å²) in [7, 11) is 2.95. The maximum atomic E-state index is 14.5. The minimum absolute atomic E-state index is 0.0358. The highest BCUT2D eigenvalue weighted by Gasteiger charge is 2.26. The van der Waals surface area contributed by atoms with Gasteiger partial charge in [0.25, 0.3) is 11.7 Å². The number of Topliss-reactive ketones (excluding diaryl/α,β-unsaturated/α-hetero) is 1. The number of benzene rings is 1. The van der Waals surface area contributed by atoms with Crippen molar-refractivity contribution in [3.63, 3.8) is 0 Å². The van der Waals surface area contributed by atoms with Crippen LogP contribution in [0.3, 0.4) is 0 Å². The molecule has 0 saturated heterocycles. The largest absolute Gasteiger partial charge is 0.497 e. The standard InChI is InChI=1S/C24H20ClFN4O4/c1-13-22(23(31)24(32)29-15-6-7-27-21(9-15)34-3)17-10-16(33-2)4-5-20(17)30(13)12-19-18(26)8-14(25)11-28-19/h4-11H,12H2,1-3H3,(H,27,29,32). The van der Waals surface area contributed by atoms with Gasteiger partial charge >= 0.3 is 0 Å². The van der Waals surface area contributed by atoms with Crippen LogP contribution < -0.4 is 14.8 Å². The summed E-state index contributed by atoms with van der Waals surface area (Å²) < 4.78 is 26.5. The van der Waals surface area contributed by atoms with E-state index in [0.29, 0.717) is 33.9 Å². The summed E-state index contributed by atoms with van der Waals surface area (Å²) in [5.41, 5.74) is 1.79. The molecule has 1 amide bonds. The third kappa shape index (κ3) is 4.42. The number of carbonyl (C=O) groups is 2. The fourth-order valence-corrected chi connectivity index (χ4v) is 3.83. The molecule has 3 aromatic heterocycles. The third-order valence-electron chi connectivity index (χ3n) is 5.36. The van der Waals surface area contributed by atoms with Crippen molar-refractivity contribution < 1.29 is 23.5 Å². The van der Waals surface area contributed by atoms with E-state index in [4.69, 9.17) is 21.1 Å². The highest BCUT2D eigenvalue weighted by atomic mass is 35.5. The van der Waals surface area contributed by atoms with Gasteiger partial charge in [-0.15, -0.1) is 0 Å². The first-order chi connectivity index (χ1) is 16.3. The molecule has 0 aliphatic heterocycles. The highest BCUT2D eigenvalue weighted by molar-refractivity contribution is 6.48. The number of anilines is 1. The van der Waals surface area contributed by atoms with Gasteiger partial charge in [0.05, 0.1) is 37.0 Å². The van der Waals surface area contributed by atoms with E-state index in [2.05, 4.69) is 15.3 Å². The first-order valence-electron chi connectivity index (χ1n) is 10.1. The van der Waals surface area contributed by atoms with E-state index in [9.17, 15) is 14.0 Å². The van der Waals surface area contributed by atoms with Crippen molar-refractivity contribution in [2.24, 2.45) is 0 Å². The molecule has 10 heteroatoms. The van der Waals surface area contributed by atoms with E-state index in [-0.39, 0.29) is 22.8 Å². The summed E-state index contributed by atoms with van der Waals surface area (Å²) >= 11 is 5.82. The van der Waals surface area contributed by atoms with Crippen LogP contribution in [-0.4, -0.2) is 40.4 Å². The summed E-state index contributed by atoms with van der Waals surface area (Å²) in [6, 6.07) is 9.36. The minimum atomic E-state index is -0.839. The highest BCUT2D eigenvalue weighted by Crippen LogP contribution is 2.31. The van der Waals surface area contributed by atoms with Crippen LogP contribution in [-0.2, 0) is 11.3 Å². The van der Waals surface area contributed by atoms with Crippen molar-refractivity contribution in [1.82, 2.24) is 14.5 Å². The number of halogens is 2. The number of hydrogen-bond donors (Lipinski definition) is 1. The van der Waals surface area contributed by atoms with Crippen LogP contribution in [0.15, 0.2) is 48.8 Å². The Morgan fingerprint density at radius 2 is 1.91 bits per heavy atom. The molecule has 0 atom stereocenters. The molecule has 1 N–H and O–H groups in total. The average Bonchev–Trinajstić information content (AvgIpc) is 3.10. The molecule has 0 unspecified atom stereocenters. The number of hydrogen-bond acceptors (Lipinski definition) is 6. The van der Waals surface area contributed by atoms with Crippen LogP contribution >= 0.6 is 11.6 Å². The van der Waals surface area contributed by atoms with E-state index in [1.165, 1.54) is 38.7 Å². The molecule has 3 heterocycles. The molecular formula is C24H20ClFN4O4. The zero-order valence-corrected chi connectivity index (χ0v) is 19.3. The Labute approximate surface area is 199 Å². The lowest BCUT2D eigenvalue weighted by atomic mass is 10.1. The summed E-state index contributed by atoms with van der Waals surface area (Å²) in [4.78, 5) is 34.2. The van der Waals surface area contributed by atoms with Gasteiger partial charge in [-0.05, 0) is 37.3 Å². The molecule has 1 aromatic carbocycles. The zero-order chi connectivity index (χ0) is 24.4. The number of rotatable bonds is 7. The zero-order valence-electron chi connectivity index (χ0n) is 18.6. The Balaban J connectivity index is 1.77. The fraction of sp³-hybridized carbons (Fsp3) is 0.167. The Bertz CT molecular complexity index is 1420. The van der Waals surface area contributed by atoms with Crippen LogP contribution in [0.4, 0.5) is 10.1 Å². The van der Waals surface area contributed by atoms with Crippen molar-refractivity contribution in [2.45, 2.75) is 13.5 Å². The molecule has 174 valence electrons. The summed E-state index contributed by atoms with van der Waals surface area (Å²) in [5, 5.41) is 3.25. The number of ketones is 1. The van der Waals surface area contributed by atoms with Crippen LogP contribution in [0.25, 0.3) is 10.9 Å². The van der Waals surface area contributed by atoms with Crippen molar-refractivity contribution in [2.75, 3.05) is 19.5 Å². The van der Waals surface area contributed by atoms with Crippen molar-refractivity contribution in [3.05, 3.63) is 76.6 Å². The number of pyridine rings is 2. The lowest BCUT2D eigenvalue weighted by Gasteiger charge is -2.10. The molecule has 0 fully saturated rings. The van der Waals surface area contributed by atoms with Crippen LogP contribution in [0.2, 0.25) is 5.02 Å². The quantitative estimate of drug-likeness (QED) is 0.309. The topological polar surface area (TPSA) is 95.3 Å². The fourth-order valence-electron chi connectivity index (χ4n) is 3.69. The minimum Gasteiger partial charge on any atom is -0.497 e. The number of methoxy groups -OCH3 is 2. The smallest absolute Gasteiger partial charge is 0.296 e. The number of aromatic nitrogens is 3. The van der Waals surface area contributed by atoms with Gasteiger partial charge in [-0.25, -0.2) is 9.37 Å². The van der Waals surface area contributed by atoms with Crippen LogP contribution in [0.1, 0.15) is 21.7 Å². The molecule has 4 rings (SSSR count). The Kier molecular flexibility index (Phi) is 6.47. The molecule has 4 aromatic rings. The van der Waals surface area contributed by atoms with Crippen LogP contribution in [0.5, 0.6) is 11.6 Å². The maximum absolute atomic E-state index is 14.5. The van der Waals surface area contributed by atoms with Gasteiger partial charge in [-0.3, -0.25) is 14.6 Å². The second kappa shape index (κ2) is 9.48. The van der Waals surface area contributed by atoms with Crippen molar-refractivity contribution in [1.29, 1.82) is 0 Å². The summed E-state index contributed by atoms with van der Waals surface area (Å²) in [6.07, 6.45) is 2.81. The van der Waals surface area contributed by atoms with Gasteiger partial charge < -0.3 is 19.4 Å². The van der Waals surface area contributed by atoms with Gasteiger partial charge in [0.15, 0.2) is 0 Å². The molecule has 0 aliphatic carbocycles. The number of amides is 1. The van der Waals surface area contributed by atoms with E-state index in [1.807, 2.05) is 0 Å². The molecule has 0 saturated carbocycles. The Hall–Kier alpha value is -3.98. The predicted octanol–water partition coefficient (Wildman–Crippen LogP) is 4.42. The molecule has 34 heavy (non-hydrogen) atoms. The van der Waals surface area contributed by atoms with Gasteiger partial charge in [-0.1, -0.05) is 11.6 Å². The number of ether oxygens (including phenoxy) is 2. The van der Waals surface area contributed by atoms with Gasteiger partial charge in [-0.2, -0.15) is 0 Å². The molecule has 0 spiro atoms. The average molecular weight is 483 g/mol. The maximum Gasteiger partial charge on any atom is 0.296 e. The molecular weight excluding hydrogens is 463 g/mol. The summed E-state index contributed by atoms with van der Waals surface area (Å²) in [6.45, 7) is 1.73. The van der Waals surface area contributed by atoms with Gasteiger partial charge in [0.1, 0.15) is 11.6 Å². The lowest BCUT2D eigenvalue weighted by molar-refractivity contribution is -0.112. The number of carbonyl (C=O) groups excluding carboxylic acids is 2. The van der Waals surface area contributed by atoms with E-state index < -0.39 is 17.5 Å². The first-order valence-corrected chi connectivity index (χ1v) is 10.5. The van der Waals surface area contributed by atoms with Gasteiger partial charge in [0, 0.05) is 40.7 Å². The van der Waals surface area contributed by atoms with E-state index >= 15 is 0 Å². The van der Waals surface area contributed by atoms with Crippen molar-refractivity contribution in [3.8, 4) is 11.6 Å². The number of nitrogens with zero attached hydrogens (tertiary/aromatic N) is 3. The van der Waals surface area contributed by atoms with Gasteiger partial charge in [0.2, 0.25) is 5.88 Å². The molecule has 8 nitrogen and oxygen atoms in total. The second-order valence-electron chi connectivity index (χ2n) is 7.38. The van der Waals surface area contributed by atoms with Crippen molar-refractivity contribution >= 4 is 39.9 Å².